The normalized spacial score (nSPS) is 12.1. The van der Waals surface area contributed by atoms with Crippen LogP contribution in [-0.2, 0) is 4.79 Å². The molecule has 152 valence electrons. The molecule has 6 nitrogen and oxygen atoms in total. The van der Waals surface area contributed by atoms with Crippen molar-refractivity contribution in [1.29, 1.82) is 0 Å². The van der Waals surface area contributed by atoms with E-state index in [0.717, 1.165) is 28.0 Å². The molecule has 0 aliphatic heterocycles. The maximum absolute atomic E-state index is 13.2. The zero-order valence-corrected chi connectivity index (χ0v) is 17.5. The molecular weight excluding hydrogens is 376 g/mol. The lowest BCUT2D eigenvalue weighted by Gasteiger charge is -2.18. The van der Waals surface area contributed by atoms with Crippen molar-refractivity contribution in [2.45, 2.75) is 33.7 Å². The molecule has 0 unspecified atom stereocenters. The van der Waals surface area contributed by atoms with Gasteiger partial charge in [0.25, 0.3) is 5.56 Å². The lowest BCUT2D eigenvalue weighted by Crippen LogP contribution is -2.25. The monoisotopic (exact) mass is 400 g/mol. The molecule has 1 amide bonds. The molecule has 0 saturated carbocycles. The van der Waals surface area contributed by atoms with Gasteiger partial charge in [-0.15, -0.1) is 0 Å². The van der Waals surface area contributed by atoms with Gasteiger partial charge in [-0.2, -0.15) is 9.78 Å². The Kier molecular flexibility index (Phi) is 4.99. The molecular formula is C24H24N4O2. The number of fused-ring (bicyclic) bond motifs is 1. The van der Waals surface area contributed by atoms with E-state index in [1.54, 1.807) is 6.20 Å². The molecule has 2 aromatic carbocycles. The predicted octanol–water partition coefficient (Wildman–Crippen LogP) is 4.31. The third kappa shape index (κ3) is 3.30. The summed E-state index contributed by atoms with van der Waals surface area (Å²) in [7, 11) is 0. The van der Waals surface area contributed by atoms with E-state index in [2.05, 4.69) is 10.4 Å². The molecule has 0 spiro atoms. The SMILES string of the molecule is Cc1ccc(NC(=O)[C@@H](C)n2c(C)c3cnn(-c4ccccc4)c(=O)c3c2C)cc1. The highest BCUT2D eigenvalue weighted by Crippen LogP contribution is 2.27. The average Bonchev–Trinajstić information content (AvgIpc) is 3.00. The fourth-order valence-corrected chi connectivity index (χ4v) is 3.91. The van der Waals surface area contributed by atoms with E-state index in [9.17, 15) is 9.59 Å². The second-order valence-electron chi connectivity index (χ2n) is 7.56. The van der Waals surface area contributed by atoms with Gasteiger partial charge in [-0.1, -0.05) is 35.9 Å². The van der Waals surface area contributed by atoms with Crippen LogP contribution in [0.2, 0.25) is 0 Å². The number of nitrogens with zero attached hydrogens (tertiary/aromatic N) is 3. The molecule has 2 heterocycles. The lowest BCUT2D eigenvalue weighted by atomic mass is 10.2. The number of aryl methyl sites for hydroxylation is 3. The highest BCUT2D eigenvalue weighted by atomic mass is 16.2. The van der Waals surface area contributed by atoms with Crippen molar-refractivity contribution in [3.63, 3.8) is 0 Å². The van der Waals surface area contributed by atoms with Gasteiger partial charge in [-0.25, -0.2) is 0 Å². The topological polar surface area (TPSA) is 68.9 Å². The van der Waals surface area contributed by atoms with Crippen LogP contribution in [0.25, 0.3) is 16.5 Å². The standard InChI is InChI=1S/C24H24N4O2/c1-15-10-12-19(13-11-15)26-23(29)18(4)27-16(2)21-14-25-28(20-8-6-5-7-9-20)24(30)22(21)17(27)3/h5-14,18H,1-4H3,(H,26,29)/t18-/m1/s1. The second kappa shape index (κ2) is 7.63. The minimum Gasteiger partial charge on any atom is -0.336 e. The van der Waals surface area contributed by atoms with Gasteiger partial charge in [0, 0.05) is 22.5 Å². The molecule has 2 aromatic heterocycles. The number of nitrogens with one attached hydrogen (secondary N) is 1. The summed E-state index contributed by atoms with van der Waals surface area (Å²) in [4.78, 5) is 26.1. The third-order valence-electron chi connectivity index (χ3n) is 5.54. The summed E-state index contributed by atoms with van der Waals surface area (Å²) in [6.45, 7) is 7.63. The van der Waals surface area contributed by atoms with E-state index >= 15 is 0 Å². The molecule has 4 aromatic rings. The number of benzene rings is 2. The number of anilines is 1. The lowest BCUT2D eigenvalue weighted by molar-refractivity contribution is -0.118. The van der Waals surface area contributed by atoms with E-state index in [-0.39, 0.29) is 11.5 Å². The number of para-hydroxylation sites is 1. The molecule has 0 saturated heterocycles. The van der Waals surface area contributed by atoms with Crippen LogP contribution < -0.4 is 10.9 Å². The second-order valence-corrected chi connectivity index (χ2v) is 7.56. The number of rotatable bonds is 4. The van der Waals surface area contributed by atoms with Crippen molar-refractivity contribution >= 4 is 22.4 Å². The summed E-state index contributed by atoms with van der Waals surface area (Å²) >= 11 is 0. The summed E-state index contributed by atoms with van der Waals surface area (Å²) in [5.41, 5.74) is 4.00. The summed E-state index contributed by atoms with van der Waals surface area (Å²) in [5.74, 6) is -0.137. The Bertz CT molecular complexity index is 1290. The molecule has 0 bridgehead atoms. The molecule has 1 atom stereocenters. The summed E-state index contributed by atoms with van der Waals surface area (Å²) in [6, 6.07) is 16.5. The first-order chi connectivity index (χ1) is 14.4. The van der Waals surface area contributed by atoms with Gasteiger partial charge in [-0.3, -0.25) is 9.59 Å². The van der Waals surface area contributed by atoms with Crippen LogP contribution in [0, 0.1) is 20.8 Å². The maximum Gasteiger partial charge on any atom is 0.281 e. The van der Waals surface area contributed by atoms with Crippen LogP contribution in [0.5, 0.6) is 0 Å². The summed E-state index contributed by atoms with van der Waals surface area (Å²) in [6.07, 6.45) is 1.70. The fourth-order valence-electron chi connectivity index (χ4n) is 3.91. The van der Waals surface area contributed by atoms with Crippen molar-refractivity contribution in [3.8, 4) is 5.69 Å². The van der Waals surface area contributed by atoms with Gasteiger partial charge in [-0.05, 0) is 52.0 Å². The van der Waals surface area contributed by atoms with E-state index in [0.29, 0.717) is 11.1 Å². The van der Waals surface area contributed by atoms with Gasteiger partial charge in [0.05, 0.1) is 17.3 Å². The van der Waals surface area contributed by atoms with Crippen LogP contribution in [0.15, 0.2) is 65.6 Å². The smallest absolute Gasteiger partial charge is 0.281 e. The van der Waals surface area contributed by atoms with Gasteiger partial charge in [0.1, 0.15) is 6.04 Å². The van der Waals surface area contributed by atoms with Gasteiger partial charge >= 0.3 is 0 Å². The number of hydrogen-bond acceptors (Lipinski definition) is 3. The quantitative estimate of drug-likeness (QED) is 0.555. The minimum atomic E-state index is -0.483. The van der Waals surface area contributed by atoms with Crippen LogP contribution in [0.3, 0.4) is 0 Å². The number of hydrogen-bond donors (Lipinski definition) is 1. The maximum atomic E-state index is 13.2. The molecule has 0 aliphatic rings. The van der Waals surface area contributed by atoms with Crippen LogP contribution in [-0.4, -0.2) is 20.3 Å². The minimum absolute atomic E-state index is 0.137. The number of carbonyl (C=O) groups is 1. The molecule has 0 aliphatic carbocycles. The fraction of sp³-hybridized carbons (Fsp3) is 0.208. The zero-order valence-electron chi connectivity index (χ0n) is 17.5. The number of aromatic nitrogens is 3. The Morgan fingerprint density at radius 3 is 2.30 bits per heavy atom. The zero-order chi connectivity index (χ0) is 21.4. The first-order valence-electron chi connectivity index (χ1n) is 9.91. The van der Waals surface area contributed by atoms with Crippen molar-refractivity contribution in [3.05, 3.63) is 88.1 Å². The first kappa shape index (κ1) is 19.6. The predicted molar refractivity (Wildman–Crippen MR) is 119 cm³/mol. The van der Waals surface area contributed by atoms with Crippen LogP contribution >= 0.6 is 0 Å². The largest absolute Gasteiger partial charge is 0.336 e. The molecule has 4 rings (SSSR count). The average molecular weight is 400 g/mol. The van der Waals surface area contributed by atoms with Gasteiger partial charge < -0.3 is 9.88 Å². The van der Waals surface area contributed by atoms with E-state index < -0.39 is 6.04 Å². The van der Waals surface area contributed by atoms with Crippen LogP contribution in [0.1, 0.15) is 29.9 Å². The Labute approximate surface area is 174 Å². The van der Waals surface area contributed by atoms with Crippen molar-refractivity contribution in [2.75, 3.05) is 5.32 Å². The Morgan fingerprint density at radius 2 is 1.63 bits per heavy atom. The van der Waals surface area contributed by atoms with Gasteiger partial charge in [0.2, 0.25) is 5.91 Å². The number of amides is 1. The number of carbonyl (C=O) groups excluding carboxylic acids is 1. The highest BCUT2D eigenvalue weighted by Gasteiger charge is 2.23. The Balaban J connectivity index is 1.76. The van der Waals surface area contributed by atoms with Crippen molar-refractivity contribution in [1.82, 2.24) is 14.3 Å². The van der Waals surface area contributed by atoms with Crippen molar-refractivity contribution < 1.29 is 4.79 Å². The Hall–Kier alpha value is -3.67. The highest BCUT2D eigenvalue weighted by molar-refractivity contribution is 5.95. The molecule has 0 fully saturated rings. The summed E-state index contributed by atoms with van der Waals surface area (Å²) in [5, 5.41) is 8.67. The van der Waals surface area contributed by atoms with E-state index in [4.69, 9.17) is 0 Å². The molecule has 30 heavy (non-hydrogen) atoms. The van der Waals surface area contributed by atoms with E-state index in [1.807, 2.05) is 86.9 Å². The van der Waals surface area contributed by atoms with E-state index in [1.165, 1.54) is 4.68 Å². The van der Waals surface area contributed by atoms with Crippen molar-refractivity contribution in [2.24, 2.45) is 0 Å². The summed E-state index contributed by atoms with van der Waals surface area (Å²) < 4.78 is 3.31. The molecule has 1 N–H and O–H groups in total. The van der Waals surface area contributed by atoms with Gasteiger partial charge in [0.15, 0.2) is 0 Å². The Morgan fingerprint density at radius 1 is 0.967 bits per heavy atom. The molecule has 6 heteroatoms. The van der Waals surface area contributed by atoms with Crippen LogP contribution in [0.4, 0.5) is 5.69 Å². The third-order valence-corrected chi connectivity index (χ3v) is 5.54. The first-order valence-corrected chi connectivity index (χ1v) is 9.91. The molecule has 0 radical (unpaired) electrons.